The number of nitrogens with zero attached hydrogens (tertiary/aromatic N) is 1. The van der Waals surface area contributed by atoms with E-state index in [9.17, 15) is 14.4 Å². The number of amides is 4. The second-order valence-electron chi connectivity index (χ2n) is 5.53. The predicted molar refractivity (Wildman–Crippen MR) is 73.8 cm³/mol. The molecule has 1 aliphatic heterocycles. The van der Waals surface area contributed by atoms with Crippen molar-refractivity contribution < 1.29 is 14.4 Å². The van der Waals surface area contributed by atoms with Gasteiger partial charge in [-0.25, -0.2) is 4.79 Å². The van der Waals surface area contributed by atoms with Crippen molar-refractivity contribution in [1.82, 2.24) is 15.5 Å². The van der Waals surface area contributed by atoms with Gasteiger partial charge in [0.15, 0.2) is 0 Å². The molecule has 4 amide bonds. The number of hydrogen-bond donors (Lipinski definition) is 2. The molecule has 2 aliphatic rings. The average molecular weight is 279 g/mol. The molecule has 0 aromatic carbocycles. The molecule has 6 heteroatoms. The largest absolute Gasteiger partial charge is 0.351 e. The zero-order chi connectivity index (χ0) is 14.8. The lowest BCUT2D eigenvalue weighted by atomic mass is 9.73. The third kappa shape index (κ3) is 2.42. The van der Waals surface area contributed by atoms with Crippen LogP contribution in [0, 0.1) is 5.92 Å². The third-order valence-electron chi connectivity index (χ3n) is 4.25. The molecule has 1 aliphatic carbocycles. The number of hydrogen-bond acceptors (Lipinski definition) is 3. The number of urea groups is 1. The van der Waals surface area contributed by atoms with E-state index in [4.69, 9.17) is 0 Å². The lowest BCUT2D eigenvalue weighted by Gasteiger charge is -2.36. The van der Waals surface area contributed by atoms with Crippen LogP contribution in [0.25, 0.3) is 0 Å². The van der Waals surface area contributed by atoms with Gasteiger partial charge < -0.3 is 10.6 Å². The van der Waals surface area contributed by atoms with E-state index in [0.717, 1.165) is 24.2 Å². The van der Waals surface area contributed by atoms with Crippen molar-refractivity contribution in [2.24, 2.45) is 5.92 Å². The Morgan fingerprint density at radius 2 is 2.30 bits per heavy atom. The smallest absolute Gasteiger partial charge is 0.325 e. The third-order valence-corrected chi connectivity index (χ3v) is 4.25. The van der Waals surface area contributed by atoms with E-state index in [1.165, 1.54) is 0 Å². The maximum atomic E-state index is 12.6. The van der Waals surface area contributed by atoms with Crippen molar-refractivity contribution in [2.45, 2.75) is 38.1 Å². The topological polar surface area (TPSA) is 78.5 Å². The second-order valence-corrected chi connectivity index (χ2v) is 5.53. The molecule has 0 aromatic heterocycles. The maximum Gasteiger partial charge on any atom is 0.325 e. The minimum absolute atomic E-state index is 0.105. The molecule has 0 radical (unpaired) electrons. The van der Waals surface area contributed by atoms with Crippen LogP contribution in [0.2, 0.25) is 0 Å². The normalized spacial score (nSPS) is 29.4. The van der Waals surface area contributed by atoms with Crippen LogP contribution < -0.4 is 10.6 Å². The molecule has 0 bridgehead atoms. The standard InChI is InChI=1S/C14H21N3O3/c1-3-8-15-11(18)9-17-12(19)14(16-13(17)20)7-5-4-6-10(14)2/h3,10H,1,4-9H2,2H3,(H,15,18)(H,16,20)/t10-,14+/m1/s1. The summed E-state index contributed by atoms with van der Waals surface area (Å²) >= 11 is 0. The van der Waals surface area contributed by atoms with Gasteiger partial charge in [-0.05, 0) is 18.8 Å². The summed E-state index contributed by atoms with van der Waals surface area (Å²) < 4.78 is 0. The molecule has 0 aromatic rings. The molecular formula is C14H21N3O3. The number of carbonyl (C=O) groups is 3. The Labute approximate surface area is 118 Å². The van der Waals surface area contributed by atoms with Crippen LogP contribution in [0.5, 0.6) is 0 Å². The zero-order valence-corrected chi connectivity index (χ0v) is 11.8. The van der Waals surface area contributed by atoms with E-state index in [1.807, 2.05) is 6.92 Å². The van der Waals surface area contributed by atoms with E-state index >= 15 is 0 Å². The van der Waals surface area contributed by atoms with Crippen LogP contribution in [-0.4, -0.2) is 41.4 Å². The molecule has 2 atom stereocenters. The van der Waals surface area contributed by atoms with Crippen molar-refractivity contribution in [2.75, 3.05) is 13.1 Å². The van der Waals surface area contributed by atoms with Crippen LogP contribution in [0.1, 0.15) is 32.6 Å². The highest BCUT2D eigenvalue weighted by atomic mass is 16.2. The fraction of sp³-hybridized carbons (Fsp3) is 0.643. The van der Waals surface area contributed by atoms with Crippen LogP contribution in [0.4, 0.5) is 4.79 Å². The van der Waals surface area contributed by atoms with Gasteiger partial charge in [0.2, 0.25) is 5.91 Å². The van der Waals surface area contributed by atoms with Gasteiger partial charge in [0.25, 0.3) is 5.91 Å². The second kappa shape index (κ2) is 5.64. The Hall–Kier alpha value is -1.85. The lowest BCUT2D eigenvalue weighted by Crippen LogP contribution is -2.54. The number of carbonyl (C=O) groups excluding carboxylic acids is 3. The fourth-order valence-electron chi connectivity index (χ4n) is 3.02. The Morgan fingerprint density at radius 1 is 1.55 bits per heavy atom. The van der Waals surface area contributed by atoms with E-state index in [0.29, 0.717) is 13.0 Å². The van der Waals surface area contributed by atoms with Gasteiger partial charge in [-0.15, -0.1) is 6.58 Å². The van der Waals surface area contributed by atoms with Crippen molar-refractivity contribution in [3.05, 3.63) is 12.7 Å². The highest BCUT2D eigenvalue weighted by molar-refractivity contribution is 6.09. The van der Waals surface area contributed by atoms with Crippen molar-refractivity contribution in [3.63, 3.8) is 0 Å². The number of imide groups is 1. The molecule has 2 fully saturated rings. The van der Waals surface area contributed by atoms with Crippen LogP contribution in [-0.2, 0) is 9.59 Å². The zero-order valence-electron chi connectivity index (χ0n) is 11.8. The van der Waals surface area contributed by atoms with Crippen molar-refractivity contribution >= 4 is 17.8 Å². The highest BCUT2D eigenvalue weighted by Crippen LogP contribution is 2.37. The van der Waals surface area contributed by atoms with E-state index < -0.39 is 11.6 Å². The lowest BCUT2D eigenvalue weighted by molar-refractivity contribution is -0.137. The quantitative estimate of drug-likeness (QED) is 0.590. The summed E-state index contributed by atoms with van der Waals surface area (Å²) in [7, 11) is 0. The molecule has 1 heterocycles. The average Bonchev–Trinajstić information content (AvgIpc) is 2.65. The van der Waals surface area contributed by atoms with E-state index in [-0.39, 0.29) is 24.3 Å². The Kier molecular flexibility index (Phi) is 4.11. The minimum atomic E-state index is -0.798. The highest BCUT2D eigenvalue weighted by Gasteiger charge is 2.55. The molecule has 6 nitrogen and oxygen atoms in total. The summed E-state index contributed by atoms with van der Waals surface area (Å²) in [6, 6.07) is -0.461. The van der Waals surface area contributed by atoms with Gasteiger partial charge in [-0.2, -0.15) is 0 Å². The van der Waals surface area contributed by atoms with Gasteiger partial charge in [0, 0.05) is 6.54 Å². The molecule has 20 heavy (non-hydrogen) atoms. The van der Waals surface area contributed by atoms with E-state index in [2.05, 4.69) is 17.2 Å². The number of nitrogens with one attached hydrogen (secondary N) is 2. The van der Waals surface area contributed by atoms with Gasteiger partial charge in [0.1, 0.15) is 12.1 Å². The Morgan fingerprint density at radius 3 is 2.95 bits per heavy atom. The molecule has 0 unspecified atom stereocenters. The summed E-state index contributed by atoms with van der Waals surface area (Å²) in [5.41, 5.74) is -0.798. The predicted octanol–water partition coefficient (Wildman–Crippen LogP) is 0.789. The Bertz CT molecular complexity index is 449. The molecule has 1 saturated heterocycles. The first kappa shape index (κ1) is 14.6. The first-order chi connectivity index (χ1) is 9.51. The first-order valence-corrected chi connectivity index (χ1v) is 7.03. The van der Waals surface area contributed by atoms with Crippen molar-refractivity contribution in [1.29, 1.82) is 0 Å². The van der Waals surface area contributed by atoms with Gasteiger partial charge >= 0.3 is 6.03 Å². The van der Waals surface area contributed by atoms with Crippen LogP contribution in [0.15, 0.2) is 12.7 Å². The van der Waals surface area contributed by atoms with Gasteiger partial charge in [0.05, 0.1) is 0 Å². The molecule has 1 saturated carbocycles. The minimum Gasteiger partial charge on any atom is -0.351 e. The number of rotatable bonds is 4. The van der Waals surface area contributed by atoms with Crippen LogP contribution in [0.3, 0.4) is 0 Å². The summed E-state index contributed by atoms with van der Waals surface area (Å²) in [5.74, 6) is -0.508. The summed E-state index contributed by atoms with van der Waals surface area (Å²) in [5, 5.41) is 5.39. The fourth-order valence-corrected chi connectivity index (χ4v) is 3.02. The molecule has 2 rings (SSSR count). The molecule has 2 N–H and O–H groups in total. The summed E-state index contributed by atoms with van der Waals surface area (Å²) in [6.45, 7) is 5.58. The first-order valence-electron chi connectivity index (χ1n) is 7.03. The van der Waals surface area contributed by atoms with E-state index in [1.54, 1.807) is 6.08 Å². The van der Waals surface area contributed by atoms with Gasteiger partial charge in [-0.1, -0.05) is 25.8 Å². The molecule has 1 spiro atoms. The molecular weight excluding hydrogens is 258 g/mol. The SMILES string of the molecule is C=CCNC(=O)CN1C(=O)N[C@]2(CCCC[C@H]2C)C1=O. The monoisotopic (exact) mass is 279 g/mol. The maximum absolute atomic E-state index is 12.6. The summed E-state index contributed by atoms with van der Waals surface area (Å²) in [4.78, 5) is 37.3. The Balaban J connectivity index is 2.08. The van der Waals surface area contributed by atoms with Crippen molar-refractivity contribution in [3.8, 4) is 0 Å². The molecule has 110 valence electrons. The van der Waals surface area contributed by atoms with Gasteiger partial charge in [-0.3, -0.25) is 14.5 Å². The van der Waals surface area contributed by atoms with Crippen LogP contribution >= 0.6 is 0 Å². The summed E-state index contributed by atoms with van der Waals surface area (Å²) in [6.07, 6.45) is 5.12.